The van der Waals surface area contributed by atoms with Crippen molar-refractivity contribution in [2.24, 2.45) is 0 Å². The van der Waals surface area contributed by atoms with Crippen LogP contribution in [0.25, 0.3) is 0 Å². The van der Waals surface area contributed by atoms with E-state index in [1.807, 2.05) is 0 Å². The minimum Gasteiger partial charge on any atom is -0.497 e. The van der Waals surface area contributed by atoms with Crippen molar-refractivity contribution < 1.29 is 27.2 Å². The highest BCUT2D eigenvalue weighted by Gasteiger charge is 2.21. The standard InChI is InChI=1S/C12H17NO6S/c1-12(2,3)19-11(14)13-9-6-5-8(18-4)7-10(9)20(15,16)17/h5-7H,1-4H3,(H,13,14)(H,15,16,17). The highest BCUT2D eigenvalue weighted by atomic mass is 32.2. The highest BCUT2D eigenvalue weighted by Crippen LogP contribution is 2.26. The lowest BCUT2D eigenvalue weighted by molar-refractivity contribution is 0.0635. The largest absolute Gasteiger partial charge is 0.497 e. The van der Waals surface area contributed by atoms with Crippen molar-refractivity contribution >= 4 is 21.9 Å². The summed E-state index contributed by atoms with van der Waals surface area (Å²) in [5.74, 6) is 0.229. The lowest BCUT2D eigenvalue weighted by Crippen LogP contribution is -2.27. The van der Waals surface area contributed by atoms with E-state index >= 15 is 0 Å². The molecule has 0 aromatic heterocycles. The summed E-state index contributed by atoms with van der Waals surface area (Å²) in [6.45, 7) is 5.01. The molecule has 0 saturated carbocycles. The van der Waals surface area contributed by atoms with E-state index in [-0.39, 0.29) is 11.4 Å². The number of ether oxygens (including phenoxy) is 2. The number of carbonyl (C=O) groups excluding carboxylic acids is 1. The molecule has 0 radical (unpaired) electrons. The first-order chi connectivity index (χ1) is 9.03. The molecule has 0 aliphatic heterocycles. The van der Waals surface area contributed by atoms with Gasteiger partial charge in [0.15, 0.2) is 0 Å². The summed E-state index contributed by atoms with van der Waals surface area (Å²) >= 11 is 0. The zero-order valence-electron chi connectivity index (χ0n) is 11.6. The first kappa shape index (κ1) is 16.3. The van der Waals surface area contributed by atoms with Crippen LogP contribution in [0.1, 0.15) is 20.8 Å². The summed E-state index contributed by atoms with van der Waals surface area (Å²) in [7, 11) is -3.15. The Morgan fingerprint density at radius 1 is 1.30 bits per heavy atom. The molecule has 112 valence electrons. The molecular weight excluding hydrogens is 286 g/mol. The number of hydrogen-bond donors (Lipinski definition) is 2. The Bertz CT molecular complexity index is 603. The van der Waals surface area contributed by atoms with Gasteiger partial charge in [0.05, 0.1) is 12.8 Å². The Hall–Kier alpha value is -1.80. The molecule has 0 spiro atoms. The zero-order chi connectivity index (χ0) is 15.6. The summed E-state index contributed by atoms with van der Waals surface area (Å²) in [6, 6.07) is 3.84. The van der Waals surface area contributed by atoms with E-state index in [0.29, 0.717) is 0 Å². The fourth-order valence-corrected chi connectivity index (χ4v) is 2.02. The van der Waals surface area contributed by atoms with Crippen molar-refractivity contribution in [1.82, 2.24) is 0 Å². The molecule has 0 heterocycles. The average Bonchev–Trinajstić information content (AvgIpc) is 2.25. The Balaban J connectivity index is 3.10. The number of nitrogens with one attached hydrogen (secondary N) is 1. The van der Waals surface area contributed by atoms with Crippen molar-refractivity contribution in [3.8, 4) is 5.75 Å². The van der Waals surface area contributed by atoms with Crippen LogP contribution in [-0.4, -0.2) is 31.8 Å². The molecule has 0 atom stereocenters. The van der Waals surface area contributed by atoms with Crippen LogP contribution in [0, 0.1) is 0 Å². The van der Waals surface area contributed by atoms with E-state index in [9.17, 15) is 13.2 Å². The van der Waals surface area contributed by atoms with Gasteiger partial charge in [-0.3, -0.25) is 9.87 Å². The van der Waals surface area contributed by atoms with E-state index in [2.05, 4.69) is 5.32 Å². The lowest BCUT2D eigenvalue weighted by atomic mass is 10.2. The second-order valence-electron chi connectivity index (χ2n) is 4.96. The molecular formula is C12H17NO6S. The SMILES string of the molecule is COc1ccc(NC(=O)OC(C)(C)C)c(S(=O)(=O)O)c1. The summed E-state index contributed by atoms with van der Waals surface area (Å²) in [5, 5.41) is 2.27. The van der Waals surface area contributed by atoms with Crippen LogP contribution < -0.4 is 10.1 Å². The second-order valence-corrected chi connectivity index (χ2v) is 6.35. The molecule has 0 bridgehead atoms. The minimum atomic E-state index is -4.51. The van der Waals surface area contributed by atoms with E-state index in [1.165, 1.54) is 19.2 Å². The van der Waals surface area contributed by atoms with Crippen LogP contribution in [0.3, 0.4) is 0 Å². The number of hydrogen-bond acceptors (Lipinski definition) is 5. The molecule has 1 aromatic rings. The zero-order valence-corrected chi connectivity index (χ0v) is 12.4. The average molecular weight is 303 g/mol. The first-order valence-electron chi connectivity index (χ1n) is 5.68. The van der Waals surface area contributed by atoms with Gasteiger partial charge < -0.3 is 9.47 Å². The van der Waals surface area contributed by atoms with Gasteiger partial charge in [-0.1, -0.05) is 0 Å². The van der Waals surface area contributed by atoms with Crippen LogP contribution in [0.5, 0.6) is 5.75 Å². The van der Waals surface area contributed by atoms with Crippen molar-refractivity contribution in [3.05, 3.63) is 18.2 Å². The monoisotopic (exact) mass is 303 g/mol. The molecule has 0 aliphatic rings. The van der Waals surface area contributed by atoms with Gasteiger partial charge >= 0.3 is 6.09 Å². The van der Waals surface area contributed by atoms with E-state index in [1.54, 1.807) is 20.8 Å². The predicted molar refractivity (Wildman–Crippen MR) is 72.7 cm³/mol. The summed E-state index contributed by atoms with van der Waals surface area (Å²) < 4.78 is 41.6. The van der Waals surface area contributed by atoms with Crippen LogP contribution in [0.4, 0.5) is 10.5 Å². The normalized spacial score (nSPS) is 11.8. The van der Waals surface area contributed by atoms with Crippen LogP contribution in [0.2, 0.25) is 0 Å². The Kier molecular flexibility index (Phi) is 4.61. The maximum Gasteiger partial charge on any atom is 0.412 e. The molecule has 2 N–H and O–H groups in total. The van der Waals surface area contributed by atoms with Gasteiger partial charge in [0.25, 0.3) is 10.1 Å². The molecule has 20 heavy (non-hydrogen) atoms. The molecule has 0 fully saturated rings. The van der Waals surface area contributed by atoms with E-state index < -0.39 is 26.7 Å². The minimum absolute atomic E-state index is 0.0949. The lowest BCUT2D eigenvalue weighted by Gasteiger charge is -2.20. The first-order valence-corrected chi connectivity index (χ1v) is 7.12. The summed E-state index contributed by atoms with van der Waals surface area (Å²) in [4.78, 5) is 11.2. The van der Waals surface area contributed by atoms with Crippen LogP contribution >= 0.6 is 0 Å². The molecule has 0 unspecified atom stereocenters. The fraction of sp³-hybridized carbons (Fsp3) is 0.417. The van der Waals surface area contributed by atoms with Gasteiger partial charge in [-0.2, -0.15) is 8.42 Å². The number of methoxy groups -OCH3 is 1. The Labute approximate surface area is 117 Å². The second kappa shape index (κ2) is 5.68. The summed E-state index contributed by atoms with van der Waals surface area (Å²) in [6.07, 6.45) is -0.826. The van der Waals surface area contributed by atoms with Crippen molar-refractivity contribution in [3.63, 3.8) is 0 Å². The van der Waals surface area contributed by atoms with E-state index in [0.717, 1.165) is 6.07 Å². The molecule has 1 amide bonds. The van der Waals surface area contributed by atoms with Crippen molar-refractivity contribution in [2.75, 3.05) is 12.4 Å². The number of carbonyl (C=O) groups is 1. The Morgan fingerprint density at radius 3 is 2.35 bits per heavy atom. The topological polar surface area (TPSA) is 102 Å². The quantitative estimate of drug-likeness (QED) is 0.831. The predicted octanol–water partition coefficient (Wildman–Crippen LogP) is 2.29. The molecule has 1 rings (SSSR count). The van der Waals surface area contributed by atoms with Gasteiger partial charge in [-0.05, 0) is 32.9 Å². The maximum absolute atomic E-state index is 11.6. The van der Waals surface area contributed by atoms with Gasteiger partial charge in [0.1, 0.15) is 16.2 Å². The third kappa shape index (κ3) is 4.71. The van der Waals surface area contributed by atoms with E-state index in [4.69, 9.17) is 14.0 Å². The van der Waals surface area contributed by atoms with Gasteiger partial charge in [-0.15, -0.1) is 0 Å². The van der Waals surface area contributed by atoms with Crippen LogP contribution in [0.15, 0.2) is 23.1 Å². The van der Waals surface area contributed by atoms with Gasteiger partial charge in [0, 0.05) is 6.07 Å². The molecule has 0 saturated heterocycles. The molecule has 7 nitrogen and oxygen atoms in total. The number of amides is 1. The highest BCUT2D eigenvalue weighted by molar-refractivity contribution is 7.86. The third-order valence-electron chi connectivity index (χ3n) is 2.10. The van der Waals surface area contributed by atoms with Gasteiger partial charge in [0.2, 0.25) is 0 Å². The number of rotatable bonds is 3. The molecule has 0 aliphatic carbocycles. The summed E-state index contributed by atoms with van der Waals surface area (Å²) in [5.41, 5.74) is -0.822. The van der Waals surface area contributed by atoms with Crippen molar-refractivity contribution in [1.29, 1.82) is 0 Å². The molecule has 1 aromatic carbocycles. The third-order valence-corrected chi connectivity index (χ3v) is 3.00. The smallest absolute Gasteiger partial charge is 0.412 e. The number of anilines is 1. The van der Waals surface area contributed by atoms with Crippen molar-refractivity contribution in [2.45, 2.75) is 31.3 Å². The van der Waals surface area contributed by atoms with Gasteiger partial charge in [-0.25, -0.2) is 4.79 Å². The maximum atomic E-state index is 11.6. The Morgan fingerprint density at radius 2 is 1.90 bits per heavy atom. The fourth-order valence-electron chi connectivity index (χ4n) is 1.36. The molecule has 8 heteroatoms. The number of benzene rings is 1. The van der Waals surface area contributed by atoms with Crippen LogP contribution in [-0.2, 0) is 14.9 Å².